The summed E-state index contributed by atoms with van der Waals surface area (Å²) in [5.74, 6) is -0.359. The van der Waals surface area contributed by atoms with Crippen molar-refractivity contribution in [3.05, 3.63) is 16.1 Å². The number of amides is 1. The second-order valence-electron chi connectivity index (χ2n) is 3.01. The summed E-state index contributed by atoms with van der Waals surface area (Å²) in [5.41, 5.74) is 7.99. The lowest BCUT2D eigenvalue weighted by Gasteiger charge is -2.17. The highest BCUT2D eigenvalue weighted by atomic mass is 32.1. The summed E-state index contributed by atoms with van der Waals surface area (Å²) >= 11 is 1.63. The molecule has 1 aliphatic rings. The minimum absolute atomic E-state index is 0.125. The highest BCUT2D eigenvalue weighted by Gasteiger charge is 2.26. The minimum Gasteiger partial charge on any atom is -0.369 e. The van der Waals surface area contributed by atoms with Gasteiger partial charge in [-0.3, -0.25) is 4.79 Å². The van der Waals surface area contributed by atoms with Crippen molar-refractivity contribution in [2.45, 2.75) is 25.2 Å². The van der Waals surface area contributed by atoms with Crippen LogP contribution >= 0.6 is 11.3 Å². The van der Waals surface area contributed by atoms with Crippen molar-refractivity contribution in [2.24, 2.45) is 5.73 Å². The number of thiazole rings is 1. The third-order valence-corrected chi connectivity index (χ3v) is 3.15. The average molecular weight is 182 g/mol. The van der Waals surface area contributed by atoms with Crippen molar-refractivity contribution >= 4 is 17.2 Å². The largest absolute Gasteiger partial charge is 0.369 e. The zero-order valence-electron chi connectivity index (χ0n) is 6.62. The average Bonchev–Trinajstić information content (AvgIpc) is 2.49. The molecular formula is C8H10N2OS. The fourth-order valence-corrected chi connectivity index (χ4v) is 2.50. The second-order valence-corrected chi connectivity index (χ2v) is 3.95. The Kier molecular flexibility index (Phi) is 1.84. The lowest BCUT2D eigenvalue weighted by Crippen LogP contribution is -2.24. The highest BCUT2D eigenvalue weighted by molar-refractivity contribution is 7.09. The first-order valence-corrected chi connectivity index (χ1v) is 4.88. The Morgan fingerprint density at radius 3 is 3.33 bits per heavy atom. The third-order valence-electron chi connectivity index (χ3n) is 2.24. The molecule has 0 saturated heterocycles. The lowest BCUT2D eigenvalue weighted by molar-refractivity contribution is -0.119. The first-order chi connectivity index (χ1) is 5.79. The Labute approximate surface area is 74.6 Å². The van der Waals surface area contributed by atoms with E-state index in [4.69, 9.17) is 5.73 Å². The number of aryl methyl sites for hydroxylation is 1. The van der Waals surface area contributed by atoms with Crippen molar-refractivity contribution in [3.8, 4) is 0 Å². The number of hydrogen-bond acceptors (Lipinski definition) is 3. The van der Waals surface area contributed by atoms with Gasteiger partial charge in [0.2, 0.25) is 5.91 Å². The van der Waals surface area contributed by atoms with E-state index in [0.717, 1.165) is 25.0 Å². The van der Waals surface area contributed by atoms with Gasteiger partial charge >= 0.3 is 0 Å². The first-order valence-electron chi connectivity index (χ1n) is 4.00. The molecule has 0 aliphatic heterocycles. The predicted octanol–water partition coefficient (Wildman–Crippen LogP) is 1.05. The van der Waals surface area contributed by atoms with E-state index in [-0.39, 0.29) is 11.8 Å². The summed E-state index contributed by atoms with van der Waals surface area (Å²) < 4.78 is 0. The maximum Gasteiger partial charge on any atom is 0.226 e. The van der Waals surface area contributed by atoms with Crippen LogP contribution in [0.4, 0.5) is 0 Å². The standard InChI is InChI=1S/C8H10N2OS/c9-8(11)5-2-1-3-6-7(5)10-4-12-6/h4-5H,1-3H2,(H2,9,11). The number of carbonyl (C=O) groups excluding carboxylic acids is 1. The molecule has 0 spiro atoms. The molecule has 0 saturated carbocycles. The fourth-order valence-electron chi connectivity index (χ4n) is 1.63. The Morgan fingerprint density at radius 1 is 1.75 bits per heavy atom. The van der Waals surface area contributed by atoms with Gasteiger partial charge in [-0.25, -0.2) is 4.98 Å². The van der Waals surface area contributed by atoms with E-state index in [1.165, 1.54) is 4.88 Å². The molecule has 3 nitrogen and oxygen atoms in total. The zero-order chi connectivity index (χ0) is 8.55. The topological polar surface area (TPSA) is 56.0 Å². The van der Waals surface area contributed by atoms with Gasteiger partial charge in [0.15, 0.2) is 0 Å². The maximum atomic E-state index is 11.0. The van der Waals surface area contributed by atoms with E-state index in [1.807, 2.05) is 0 Å². The van der Waals surface area contributed by atoms with Crippen molar-refractivity contribution in [3.63, 3.8) is 0 Å². The Hall–Kier alpha value is -0.900. The van der Waals surface area contributed by atoms with Crippen molar-refractivity contribution in [1.82, 2.24) is 4.98 Å². The van der Waals surface area contributed by atoms with Gasteiger partial charge in [-0.15, -0.1) is 11.3 Å². The summed E-state index contributed by atoms with van der Waals surface area (Å²) in [6, 6.07) is 0. The molecule has 1 aromatic heterocycles. The molecule has 1 aromatic rings. The van der Waals surface area contributed by atoms with Gasteiger partial charge in [0.05, 0.1) is 17.1 Å². The van der Waals surface area contributed by atoms with Crippen LogP contribution in [0.3, 0.4) is 0 Å². The molecule has 12 heavy (non-hydrogen) atoms. The summed E-state index contributed by atoms with van der Waals surface area (Å²) in [6.45, 7) is 0. The number of primary amides is 1. The van der Waals surface area contributed by atoms with Gasteiger partial charge in [0.1, 0.15) is 0 Å². The predicted molar refractivity (Wildman–Crippen MR) is 47.0 cm³/mol. The van der Waals surface area contributed by atoms with E-state index in [0.29, 0.717) is 0 Å². The molecule has 2 rings (SSSR count). The summed E-state index contributed by atoms with van der Waals surface area (Å²) in [4.78, 5) is 16.4. The molecule has 1 amide bonds. The summed E-state index contributed by atoms with van der Waals surface area (Å²) in [5, 5.41) is 0. The van der Waals surface area contributed by atoms with E-state index >= 15 is 0 Å². The molecule has 64 valence electrons. The molecule has 0 fully saturated rings. The molecule has 1 unspecified atom stereocenters. The van der Waals surface area contributed by atoms with Crippen LogP contribution in [0.5, 0.6) is 0 Å². The first kappa shape index (κ1) is 7.73. The molecule has 0 bridgehead atoms. The highest BCUT2D eigenvalue weighted by Crippen LogP contribution is 2.32. The van der Waals surface area contributed by atoms with Crippen LogP contribution < -0.4 is 5.73 Å². The third kappa shape index (κ3) is 1.12. The molecule has 0 radical (unpaired) electrons. The second kappa shape index (κ2) is 2.86. The lowest BCUT2D eigenvalue weighted by atomic mass is 9.91. The number of hydrogen-bond donors (Lipinski definition) is 1. The SMILES string of the molecule is NC(=O)C1CCCc2scnc21. The van der Waals surface area contributed by atoms with Crippen LogP contribution in [0.25, 0.3) is 0 Å². The Bertz CT molecular complexity index is 308. The zero-order valence-corrected chi connectivity index (χ0v) is 7.43. The normalized spacial score (nSPS) is 21.8. The molecule has 4 heteroatoms. The fraction of sp³-hybridized carbons (Fsp3) is 0.500. The van der Waals surface area contributed by atoms with Gasteiger partial charge < -0.3 is 5.73 Å². The van der Waals surface area contributed by atoms with Gasteiger partial charge in [0, 0.05) is 4.88 Å². The molecule has 1 heterocycles. The number of rotatable bonds is 1. The number of nitrogens with zero attached hydrogens (tertiary/aromatic N) is 1. The van der Waals surface area contributed by atoms with Gasteiger partial charge in [-0.05, 0) is 19.3 Å². The van der Waals surface area contributed by atoms with Crippen LogP contribution in [0.1, 0.15) is 29.3 Å². The van der Waals surface area contributed by atoms with Crippen LogP contribution in [-0.2, 0) is 11.2 Å². The van der Waals surface area contributed by atoms with E-state index in [1.54, 1.807) is 16.8 Å². The van der Waals surface area contributed by atoms with Crippen LogP contribution in [-0.4, -0.2) is 10.9 Å². The van der Waals surface area contributed by atoms with E-state index < -0.39 is 0 Å². The van der Waals surface area contributed by atoms with Crippen molar-refractivity contribution in [1.29, 1.82) is 0 Å². The molecule has 2 N–H and O–H groups in total. The van der Waals surface area contributed by atoms with E-state index in [9.17, 15) is 4.79 Å². The molecular weight excluding hydrogens is 172 g/mol. The number of carbonyl (C=O) groups is 1. The molecule has 1 aliphatic carbocycles. The Balaban J connectivity index is 2.37. The van der Waals surface area contributed by atoms with Crippen molar-refractivity contribution < 1.29 is 4.79 Å². The van der Waals surface area contributed by atoms with Crippen LogP contribution in [0, 0.1) is 0 Å². The monoisotopic (exact) mass is 182 g/mol. The van der Waals surface area contributed by atoms with Gasteiger partial charge in [-0.2, -0.15) is 0 Å². The summed E-state index contributed by atoms with van der Waals surface area (Å²) in [7, 11) is 0. The van der Waals surface area contributed by atoms with E-state index in [2.05, 4.69) is 4.98 Å². The van der Waals surface area contributed by atoms with Gasteiger partial charge in [0.25, 0.3) is 0 Å². The minimum atomic E-state index is -0.234. The smallest absolute Gasteiger partial charge is 0.226 e. The van der Waals surface area contributed by atoms with Crippen LogP contribution in [0.15, 0.2) is 5.51 Å². The number of aromatic nitrogens is 1. The Morgan fingerprint density at radius 2 is 2.58 bits per heavy atom. The molecule has 1 atom stereocenters. The van der Waals surface area contributed by atoms with Crippen molar-refractivity contribution in [2.75, 3.05) is 0 Å². The van der Waals surface area contributed by atoms with Crippen LogP contribution in [0.2, 0.25) is 0 Å². The number of fused-ring (bicyclic) bond motifs is 1. The molecule has 0 aromatic carbocycles. The van der Waals surface area contributed by atoms with Gasteiger partial charge in [-0.1, -0.05) is 0 Å². The maximum absolute atomic E-state index is 11.0. The summed E-state index contributed by atoms with van der Waals surface area (Å²) in [6.07, 6.45) is 2.98. The quantitative estimate of drug-likeness (QED) is 0.705. The number of nitrogens with two attached hydrogens (primary N) is 1.